The van der Waals surface area contributed by atoms with Crippen LogP contribution in [-0.4, -0.2) is 14.0 Å². The molecule has 10 aromatic rings. The van der Waals surface area contributed by atoms with Gasteiger partial charge in [-0.2, -0.15) is 0 Å². The van der Waals surface area contributed by atoms with Gasteiger partial charge in [0, 0.05) is 60.0 Å². The second-order valence-corrected chi connectivity index (χ2v) is 12.3. The smallest absolute Gasteiger partial charge is 0.137 e. The van der Waals surface area contributed by atoms with Crippen molar-refractivity contribution in [1.29, 1.82) is 0 Å². The highest BCUT2D eigenvalue weighted by Crippen LogP contribution is 2.47. The molecule has 0 fully saturated rings. The van der Waals surface area contributed by atoms with E-state index in [0.29, 0.717) is 0 Å². The molecular formula is C39H23N3S. The molecule has 0 atom stereocenters. The highest BCUT2D eigenvalue weighted by atomic mass is 32.1. The summed E-state index contributed by atoms with van der Waals surface area (Å²) in [6.07, 6.45) is 4.14. The molecule has 4 heteroatoms. The summed E-state index contributed by atoms with van der Waals surface area (Å²) in [7, 11) is 0. The third-order valence-electron chi connectivity index (χ3n) is 8.93. The lowest BCUT2D eigenvalue weighted by Crippen LogP contribution is -1.95. The van der Waals surface area contributed by atoms with Crippen LogP contribution in [0.4, 0.5) is 0 Å². The Bertz CT molecular complexity index is 2690. The van der Waals surface area contributed by atoms with Crippen LogP contribution in [0.3, 0.4) is 0 Å². The molecular weight excluding hydrogens is 543 g/mol. The highest BCUT2D eigenvalue weighted by Gasteiger charge is 2.22. The van der Waals surface area contributed by atoms with Gasteiger partial charge in [0.1, 0.15) is 5.65 Å². The van der Waals surface area contributed by atoms with Crippen LogP contribution in [-0.2, 0) is 0 Å². The predicted molar refractivity (Wildman–Crippen MR) is 183 cm³/mol. The summed E-state index contributed by atoms with van der Waals surface area (Å²) >= 11 is 1.88. The third kappa shape index (κ3) is 3.16. The van der Waals surface area contributed by atoms with Gasteiger partial charge >= 0.3 is 0 Å². The molecule has 43 heavy (non-hydrogen) atoms. The van der Waals surface area contributed by atoms with Crippen molar-refractivity contribution >= 4 is 80.5 Å². The minimum absolute atomic E-state index is 0.953. The number of hydrogen-bond donors (Lipinski definition) is 0. The van der Waals surface area contributed by atoms with Crippen molar-refractivity contribution in [3.05, 3.63) is 140 Å². The first kappa shape index (κ1) is 23.1. The van der Waals surface area contributed by atoms with Crippen LogP contribution in [0, 0.1) is 0 Å². The fraction of sp³-hybridized carbons (Fsp3) is 0. The summed E-state index contributed by atoms with van der Waals surface area (Å²) < 4.78 is 7.21. The van der Waals surface area contributed by atoms with Crippen molar-refractivity contribution in [2.75, 3.05) is 0 Å². The van der Waals surface area contributed by atoms with Gasteiger partial charge in [-0.05, 0) is 58.6 Å². The molecule has 4 aromatic heterocycles. The molecule has 0 aliphatic rings. The first-order chi connectivity index (χ1) is 21.3. The largest absolute Gasteiger partial charge is 0.309 e. The Balaban J connectivity index is 1.36. The lowest BCUT2D eigenvalue weighted by molar-refractivity contribution is 1.19. The van der Waals surface area contributed by atoms with Crippen LogP contribution in [0.15, 0.2) is 140 Å². The maximum atomic E-state index is 4.86. The summed E-state index contributed by atoms with van der Waals surface area (Å²) in [6.45, 7) is 0. The molecule has 0 saturated carbocycles. The highest BCUT2D eigenvalue weighted by molar-refractivity contribution is 7.26. The number of fused-ring (bicyclic) bond motifs is 13. The van der Waals surface area contributed by atoms with E-state index >= 15 is 0 Å². The lowest BCUT2D eigenvalue weighted by Gasteiger charge is -2.12. The number of rotatable bonds is 2. The molecule has 0 radical (unpaired) electrons. The van der Waals surface area contributed by atoms with Crippen LogP contribution in [0.2, 0.25) is 0 Å². The maximum Gasteiger partial charge on any atom is 0.137 e. The van der Waals surface area contributed by atoms with Crippen LogP contribution < -0.4 is 0 Å². The second-order valence-electron chi connectivity index (χ2n) is 11.2. The number of aromatic nitrogens is 3. The van der Waals surface area contributed by atoms with E-state index in [2.05, 4.69) is 124 Å². The number of benzene rings is 6. The maximum absolute atomic E-state index is 4.86. The van der Waals surface area contributed by atoms with E-state index in [1.807, 2.05) is 35.7 Å². The molecule has 4 heterocycles. The number of nitrogens with zero attached hydrogens (tertiary/aromatic N) is 3. The lowest BCUT2D eigenvalue weighted by atomic mass is 9.95. The SMILES string of the molecule is c1ccc2c(c1)sc1ccc3c(c12)c1c2ccccc2c2ccccc2c1n3-c1ccc(-c2cn3ccccc3n2)cc1. The fourth-order valence-corrected chi connectivity index (χ4v) is 8.21. The third-order valence-corrected chi connectivity index (χ3v) is 10.1. The average molecular weight is 566 g/mol. The van der Waals surface area contributed by atoms with E-state index in [9.17, 15) is 0 Å². The molecule has 200 valence electrons. The van der Waals surface area contributed by atoms with Crippen molar-refractivity contribution < 1.29 is 0 Å². The zero-order chi connectivity index (χ0) is 28.1. The van der Waals surface area contributed by atoms with E-state index < -0.39 is 0 Å². The fourth-order valence-electron chi connectivity index (χ4n) is 7.10. The number of hydrogen-bond acceptors (Lipinski definition) is 2. The number of thiophene rings is 1. The van der Waals surface area contributed by atoms with Gasteiger partial charge in [0.05, 0.1) is 16.7 Å². The molecule has 0 spiro atoms. The minimum atomic E-state index is 0.953. The Hall–Kier alpha value is -5.45. The number of pyridine rings is 1. The zero-order valence-electron chi connectivity index (χ0n) is 23.0. The van der Waals surface area contributed by atoms with Crippen molar-refractivity contribution in [2.24, 2.45) is 0 Å². The van der Waals surface area contributed by atoms with Gasteiger partial charge < -0.3 is 8.97 Å². The minimum Gasteiger partial charge on any atom is -0.309 e. The van der Waals surface area contributed by atoms with E-state index in [4.69, 9.17) is 4.98 Å². The van der Waals surface area contributed by atoms with Gasteiger partial charge in [0.2, 0.25) is 0 Å². The Morgan fingerprint density at radius 1 is 0.512 bits per heavy atom. The van der Waals surface area contributed by atoms with Gasteiger partial charge in [0.15, 0.2) is 0 Å². The van der Waals surface area contributed by atoms with E-state index in [0.717, 1.165) is 22.6 Å². The Labute approximate surface area is 250 Å². The Kier molecular flexibility index (Phi) is 4.60. The Morgan fingerprint density at radius 2 is 1.21 bits per heavy atom. The van der Waals surface area contributed by atoms with Crippen molar-refractivity contribution in [3.8, 4) is 16.9 Å². The van der Waals surface area contributed by atoms with Crippen molar-refractivity contribution in [1.82, 2.24) is 14.0 Å². The summed E-state index contributed by atoms with van der Waals surface area (Å²) in [5.74, 6) is 0. The van der Waals surface area contributed by atoms with Crippen molar-refractivity contribution in [3.63, 3.8) is 0 Å². The molecule has 6 aromatic carbocycles. The topological polar surface area (TPSA) is 22.2 Å². The average Bonchev–Trinajstić information content (AvgIpc) is 3.77. The van der Waals surface area contributed by atoms with E-state index in [1.165, 1.54) is 63.5 Å². The first-order valence-electron chi connectivity index (χ1n) is 14.6. The van der Waals surface area contributed by atoms with Gasteiger partial charge in [-0.3, -0.25) is 0 Å². The van der Waals surface area contributed by atoms with Gasteiger partial charge in [0.25, 0.3) is 0 Å². The quantitative estimate of drug-likeness (QED) is 0.191. The van der Waals surface area contributed by atoms with Crippen LogP contribution >= 0.6 is 11.3 Å². The monoisotopic (exact) mass is 565 g/mol. The molecule has 0 aliphatic heterocycles. The molecule has 0 saturated heterocycles. The number of imidazole rings is 1. The predicted octanol–water partition coefficient (Wildman–Crippen LogP) is 10.8. The van der Waals surface area contributed by atoms with Crippen LogP contribution in [0.25, 0.3) is 86.1 Å². The second kappa shape index (κ2) is 8.54. The molecule has 0 unspecified atom stereocenters. The summed E-state index contributed by atoms with van der Waals surface area (Å²) in [6, 6.07) is 46.3. The molecule has 10 rings (SSSR count). The first-order valence-corrected chi connectivity index (χ1v) is 15.4. The van der Waals surface area contributed by atoms with Gasteiger partial charge in [-0.15, -0.1) is 11.3 Å². The molecule has 0 aliphatic carbocycles. The molecule has 0 bridgehead atoms. The molecule has 3 nitrogen and oxygen atoms in total. The van der Waals surface area contributed by atoms with Crippen LogP contribution in [0.5, 0.6) is 0 Å². The summed E-state index contributed by atoms with van der Waals surface area (Å²) in [4.78, 5) is 4.86. The zero-order valence-corrected chi connectivity index (χ0v) is 23.8. The standard InChI is InChI=1S/C39H23N3S/c1-3-11-28-26(9-1)27-10-2-4-12-29(27)39-37(28)38-32(20-21-34-36(38)30-13-5-6-14-33(30)43-34)42(39)25-18-16-24(17-19-25)31-23-41-22-8-7-15-35(41)40-31/h1-23H. The van der Waals surface area contributed by atoms with Crippen molar-refractivity contribution in [2.45, 2.75) is 0 Å². The van der Waals surface area contributed by atoms with E-state index in [-0.39, 0.29) is 0 Å². The Morgan fingerprint density at radius 3 is 2.02 bits per heavy atom. The van der Waals surface area contributed by atoms with E-state index in [1.54, 1.807) is 0 Å². The summed E-state index contributed by atoms with van der Waals surface area (Å²) in [5.41, 5.74) is 6.67. The van der Waals surface area contributed by atoms with Gasteiger partial charge in [-0.1, -0.05) is 84.9 Å². The normalized spacial score (nSPS) is 12.2. The van der Waals surface area contributed by atoms with Crippen LogP contribution in [0.1, 0.15) is 0 Å². The molecule has 0 amide bonds. The van der Waals surface area contributed by atoms with Gasteiger partial charge in [-0.25, -0.2) is 4.98 Å². The summed E-state index contributed by atoms with van der Waals surface area (Å²) in [5, 5.41) is 10.5. The molecule has 0 N–H and O–H groups in total.